The van der Waals surface area contributed by atoms with Crippen LogP contribution >= 0.6 is 0 Å². The van der Waals surface area contributed by atoms with Gasteiger partial charge in [-0.05, 0) is 12.0 Å². The number of nitrogens with zero attached hydrogens (tertiary/aromatic N) is 1. The van der Waals surface area contributed by atoms with Gasteiger partial charge in [0, 0.05) is 31.4 Å². The third kappa shape index (κ3) is 2.68. The standard InChI is InChI=1S/C10H15NO3/c1-14-10-3-2-8(4-6-12)9(11-10)5-7-13/h2-3,12-13H,4-7H2,1H3. The van der Waals surface area contributed by atoms with E-state index >= 15 is 0 Å². The maximum Gasteiger partial charge on any atom is 0.213 e. The number of hydrogen-bond acceptors (Lipinski definition) is 4. The molecule has 0 bridgehead atoms. The summed E-state index contributed by atoms with van der Waals surface area (Å²) in [5, 5.41) is 17.6. The molecular weight excluding hydrogens is 182 g/mol. The fourth-order valence-electron chi connectivity index (χ4n) is 1.29. The number of pyridine rings is 1. The Labute approximate surface area is 83.2 Å². The van der Waals surface area contributed by atoms with E-state index in [-0.39, 0.29) is 13.2 Å². The van der Waals surface area contributed by atoms with Crippen molar-refractivity contribution in [2.24, 2.45) is 0 Å². The molecule has 0 radical (unpaired) electrons. The topological polar surface area (TPSA) is 62.6 Å². The molecule has 2 N–H and O–H groups in total. The highest BCUT2D eigenvalue weighted by atomic mass is 16.5. The summed E-state index contributed by atoms with van der Waals surface area (Å²) in [6.45, 7) is 0.144. The van der Waals surface area contributed by atoms with Gasteiger partial charge in [-0.25, -0.2) is 4.98 Å². The van der Waals surface area contributed by atoms with Crippen LogP contribution in [0.1, 0.15) is 11.3 Å². The van der Waals surface area contributed by atoms with Crippen LogP contribution in [0.2, 0.25) is 0 Å². The Morgan fingerprint density at radius 1 is 1.21 bits per heavy atom. The molecule has 0 atom stereocenters. The van der Waals surface area contributed by atoms with Crippen molar-refractivity contribution in [3.05, 3.63) is 23.4 Å². The van der Waals surface area contributed by atoms with E-state index in [9.17, 15) is 0 Å². The molecule has 4 heteroatoms. The average Bonchev–Trinajstić information content (AvgIpc) is 2.21. The van der Waals surface area contributed by atoms with Gasteiger partial charge in [0.05, 0.1) is 7.11 Å². The number of ether oxygens (including phenoxy) is 1. The molecule has 0 saturated carbocycles. The third-order valence-corrected chi connectivity index (χ3v) is 1.98. The lowest BCUT2D eigenvalue weighted by molar-refractivity contribution is 0.290. The Balaban J connectivity index is 2.91. The smallest absolute Gasteiger partial charge is 0.213 e. The van der Waals surface area contributed by atoms with E-state index in [1.165, 1.54) is 0 Å². The van der Waals surface area contributed by atoms with Crippen LogP contribution in [-0.2, 0) is 12.8 Å². The second-order valence-corrected chi connectivity index (χ2v) is 2.91. The minimum Gasteiger partial charge on any atom is -0.481 e. The van der Waals surface area contributed by atoms with Crippen LogP contribution in [0.4, 0.5) is 0 Å². The van der Waals surface area contributed by atoms with Crippen LogP contribution in [0.3, 0.4) is 0 Å². The quantitative estimate of drug-likeness (QED) is 0.705. The van der Waals surface area contributed by atoms with E-state index in [0.717, 1.165) is 11.3 Å². The fourth-order valence-corrected chi connectivity index (χ4v) is 1.29. The molecule has 0 amide bonds. The minimum atomic E-state index is 0.0542. The maximum atomic E-state index is 8.83. The lowest BCUT2D eigenvalue weighted by atomic mass is 10.1. The molecule has 0 spiro atoms. The van der Waals surface area contributed by atoms with Gasteiger partial charge in [0.25, 0.3) is 0 Å². The Morgan fingerprint density at radius 3 is 2.50 bits per heavy atom. The molecule has 78 valence electrons. The van der Waals surface area contributed by atoms with E-state index in [0.29, 0.717) is 18.7 Å². The van der Waals surface area contributed by atoms with Gasteiger partial charge in [-0.15, -0.1) is 0 Å². The van der Waals surface area contributed by atoms with Gasteiger partial charge < -0.3 is 14.9 Å². The first-order valence-corrected chi connectivity index (χ1v) is 4.56. The number of aliphatic hydroxyl groups excluding tert-OH is 2. The molecule has 0 aliphatic heterocycles. The first-order valence-electron chi connectivity index (χ1n) is 4.56. The molecule has 0 unspecified atom stereocenters. The SMILES string of the molecule is COc1ccc(CCO)c(CCO)n1. The third-order valence-electron chi connectivity index (χ3n) is 1.98. The van der Waals surface area contributed by atoms with Crippen LogP contribution in [0.15, 0.2) is 12.1 Å². The average molecular weight is 197 g/mol. The predicted molar refractivity (Wildman–Crippen MR) is 52.4 cm³/mol. The Morgan fingerprint density at radius 2 is 1.93 bits per heavy atom. The molecule has 1 aromatic heterocycles. The van der Waals surface area contributed by atoms with Crippen LogP contribution < -0.4 is 4.74 Å². The summed E-state index contributed by atoms with van der Waals surface area (Å²) in [7, 11) is 1.55. The first-order chi connectivity index (χ1) is 6.81. The van der Waals surface area contributed by atoms with Gasteiger partial charge in [0.15, 0.2) is 0 Å². The van der Waals surface area contributed by atoms with Gasteiger partial charge in [-0.3, -0.25) is 0 Å². The molecular formula is C10H15NO3. The van der Waals surface area contributed by atoms with Crippen molar-refractivity contribution in [2.45, 2.75) is 12.8 Å². The summed E-state index contributed by atoms with van der Waals surface area (Å²) in [4.78, 5) is 4.21. The summed E-state index contributed by atoms with van der Waals surface area (Å²) in [6.07, 6.45) is 1.05. The Kier molecular flexibility index (Phi) is 4.35. The molecule has 0 fully saturated rings. The van der Waals surface area contributed by atoms with Gasteiger partial charge in [0.2, 0.25) is 5.88 Å². The number of aromatic nitrogens is 1. The van der Waals surface area contributed by atoms with Gasteiger partial charge >= 0.3 is 0 Å². The first kappa shape index (κ1) is 10.9. The summed E-state index contributed by atoms with van der Waals surface area (Å²) >= 11 is 0. The van der Waals surface area contributed by atoms with E-state index in [1.54, 1.807) is 13.2 Å². The van der Waals surface area contributed by atoms with Crippen molar-refractivity contribution in [1.82, 2.24) is 4.98 Å². The van der Waals surface area contributed by atoms with Gasteiger partial charge in [-0.2, -0.15) is 0 Å². The van der Waals surface area contributed by atoms with E-state index in [4.69, 9.17) is 14.9 Å². The van der Waals surface area contributed by atoms with Crippen molar-refractivity contribution >= 4 is 0 Å². The summed E-state index contributed by atoms with van der Waals surface area (Å²) in [5.41, 5.74) is 1.75. The number of aliphatic hydroxyl groups is 2. The van der Waals surface area contributed by atoms with Gasteiger partial charge in [-0.1, -0.05) is 6.07 Å². The van der Waals surface area contributed by atoms with Crippen LogP contribution in [-0.4, -0.2) is 35.5 Å². The number of methoxy groups -OCH3 is 1. The van der Waals surface area contributed by atoms with Crippen LogP contribution in [0.5, 0.6) is 5.88 Å². The molecule has 1 rings (SSSR count). The molecule has 1 heterocycles. The molecule has 1 aromatic rings. The zero-order chi connectivity index (χ0) is 10.4. The van der Waals surface area contributed by atoms with Crippen LogP contribution in [0.25, 0.3) is 0 Å². The largest absolute Gasteiger partial charge is 0.481 e. The highest BCUT2D eigenvalue weighted by molar-refractivity contribution is 5.26. The molecule has 0 saturated heterocycles. The minimum absolute atomic E-state index is 0.0542. The molecule has 14 heavy (non-hydrogen) atoms. The maximum absolute atomic E-state index is 8.83. The van der Waals surface area contributed by atoms with Crippen molar-refractivity contribution in [3.8, 4) is 5.88 Å². The summed E-state index contributed by atoms with van der Waals surface area (Å²) in [5.74, 6) is 0.537. The number of rotatable bonds is 5. The zero-order valence-electron chi connectivity index (χ0n) is 8.23. The second-order valence-electron chi connectivity index (χ2n) is 2.91. The normalized spacial score (nSPS) is 10.2. The molecule has 0 aliphatic carbocycles. The lowest BCUT2D eigenvalue weighted by Gasteiger charge is -2.08. The fraction of sp³-hybridized carbons (Fsp3) is 0.500. The number of hydrogen-bond donors (Lipinski definition) is 2. The zero-order valence-corrected chi connectivity index (χ0v) is 8.23. The van der Waals surface area contributed by atoms with Crippen molar-refractivity contribution in [3.63, 3.8) is 0 Å². The monoisotopic (exact) mass is 197 g/mol. The highest BCUT2D eigenvalue weighted by Crippen LogP contribution is 2.13. The van der Waals surface area contributed by atoms with Crippen molar-refractivity contribution < 1.29 is 14.9 Å². The highest BCUT2D eigenvalue weighted by Gasteiger charge is 2.05. The Hall–Kier alpha value is -1.13. The predicted octanol–water partition coefficient (Wildman–Crippen LogP) is 0.160. The second kappa shape index (κ2) is 5.57. The molecule has 0 aliphatic rings. The van der Waals surface area contributed by atoms with E-state index in [2.05, 4.69) is 4.98 Å². The van der Waals surface area contributed by atoms with E-state index < -0.39 is 0 Å². The van der Waals surface area contributed by atoms with E-state index in [1.807, 2.05) is 6.07 Å². The van der Waals surface area contributed by atoms with Crippen molar-refractivity contribution in [2.75, 3.05) is 20.3 Å². The summed E-state index contributed by atoms with van der Waals surface area (Å²) < 4.78 is 4.98. The van der Waals surface area contributed by atoms with Gasteiger partial charge in [0.1, 0.15) is 0 Å². The van der Waals surface area contributed by atoms with Crippen LogP contribution in [0, 0.1) is 0 Å². The van der Waals surface area contributed by atoms with Crippen molar-refractivity contribution in [1.29, 1.82) is 0 Å². The molecule has 0 aromatic carbocycles. The molecule has 4 nitrogen and oxygen atoms in total. The summed E-state index contributed by atoms with van der Waals surface area (Å²) in [6, 6.07) is 3.62. The Bertz CT molecular complexity index is 289. The lowest BCUT2D eigenvalue weighted by Crippen LogP contribution is -2.04.